The summed E-state index contributed by atoms with van der Waals surface area (Å²) < 4.78 is 68.0. The van der Waals surface area contributed by atoms with Crippen molar-refractivity contribution in [1.29, 1.82) is 5.26 Å². The molecule has 1 saturated heterocycles. The van der Waals surface area contributed by atoms with Crippen LogP contribution in [0, 0.1) is 11.3 Å². The lowest BCUT2D eigenvalue weighted by Crippen LogP contribution is -2.48. The van der Waals surface area contributed by atoms with Gasteiger partial charge in [0.05, 0.1) is 17.5 Å². The Morgan fingerprint density at radius 2 is 1.75 bits per heavy atom. The van der Waals surface area contributed by atoms with Crippen molar-refractivity contribution in [2.75, 3.05) is 18.1 Å². The SMILES string of the molecule is N#Cc1c(C(F)(F)C(F)(F)F)cc(-c2cnccn2)n(N2CCCCC2)c1=O. The van der Waals surface area contributed by atoms with E-state index in [0.717, 1.165) is 17.3 Å². The number of piperidine rings is 1. The first-order valence-corrected chi connectivity index (χ1v) is 8.35. The van der Waals surface area contributed by atoms with Crippen LogP contribution in [-0.4, -0.2) is 33.9 Å². The third kappa shape index (κ3) is 3.30. The van der Waals surface area contributed by atoms with E-state index >= 15 is 0 Å². The Kier molecular flexibility index (Phi) is 5.06. The van der Waals surface area contributed by atoms with Gasteiger partial charge in [-0.3, -0.25) is 14.8 Å². The van der Waals surface area contributed by atoms with Gasteiger partial charge in [-0.15, -0.1) is 0 Å². The maximum absolute atomic E-state index is 14.1. The molecule has 1 aliphatic rings. The number of hydrogen-bond donors (Lipinski definition) is 0. The predicted octanol–water partition coefficient (Wildman–Crippen LogP) is 2.95. The van der Waals surface area contributed by atoms with E-state index in [1.807, 2.05) is 0 Å². The molecule has 6 nitrogen and oxygen atoms in total. The van der Waals surface area contributed by atoms with Crippen molar-refractivity contribution in [2.45, 2.75) is 31.4 Å². The Hall–Kier alpha value is -3.03. The predicted molar refractivity (Wildman–Crippen MR) is 88.2 cm³/mol. The summed E-state index contributed by atoms with van der Waals surface area (Å²) in [6.45, 7) is 0.764. The number of nitrogens with zero attached hydrogens (tertiary/aromatic N) is 5. The number of halogens is 5. The van der Waals surface area contributed by atoms with Crippen LogP contribution < -0.4 is 10.6 Å². The second kappa shape index (κ2) is 7.18. The molecule has 0 atom stereocenters. The third-order valence-corrected chi connectivity index (χ3v) is 4.43. The number of pyridine rings is 1. The Morgan fingerprint density at radius 3 is 2.29 bits per heavy atom. The van der Waals surface area contributed by atoms with Crippen LogP contribution in [0.5, 0.6) is 0 Å². The van der Waals surface area contributed by atoms with Gasteiger partial charge in [-0.1, -0.05) is 0 Å². The van der Waals surface area contributed by atoms with Gasteiger partial charge < -0.3 is 5.01 Å². The zero-order valence-electron chi connectivity index (χ0n) is 14.4. The lowest BCUT2D eigenvalue weighted by atomic mass is 10.0. The number of hydrogen-bond acceptors (Lipinski definition) is 5. The van der Waals surface area contributed by atoms with Crippen molar-refractivity contribution >= 4 is 0 Å². The van der Waals surface area contributed by atoms with Crippen LogP contribution in [0.25, 0.3) is 11.4 Å². The standard InChI is InChI=1S/C17H14F5N5O/c18-16(19,17(20,21)22)12-8-14(13-10-24-4-5-25-13)27(15(28)11(12)9-23)26-6-2-1-3-7-26/h4-5,8,10H,1-3,6-7H2. The van der Waals surface area contributed by atoms with Crippen LogP contribution in [0.2, 0.25) is 0 Å². The maximum Gasteiger partial charge on any atom is 0.458 e. The highest BCUT2D eigenvalue weighted by molar-refractivity contribution is 5.58. The van der Waals surface area contributed by atoms with Crippen LogP contribution in [0.1, 0.15) is 30.4 Å². The van der Waals surface area contributed by atoms with E-state index in [0.29, 0.717) is 32.0 Å². The summed E-state index contributed by atoms with van der Waals surface area (Å²) in [6, 6.07) is 1.73. The average Bonchev–Trinajstić information content (AvgIpc) is 2.67. The fourth-order valence-electron chi connectivity index (χ4n) is 3.08. The topological polar surface area (TPSA) is 74.8 Å². The van der Waals surface area contributed by atoms with Crippen molar-refractivity contribution in [3.05, 3.63) is 46.1 Å². The molecule has 2 aromatic heterocycles. The molecule has 148 valence electrons. The monoisotopic (exact) mass is 399 g/mol. The lowest BCUT2D eigenvalue weighted by Gasteiger charge is -2.33. The quantitative estimate of drug-likeness (QED) is 0.742. The van der Waals surface area contributed by atoms with Gasteiger partial charge in [-0.05, 0) is 25.3 Å². The molecule has 0 spiro atoms. The molecule has 0 bridgehead atoms. The average molecular weight is 399 g/mol. The van der Waals surface area contributed by atoms with E-state index in [1.54, 1.807) is 0 Å². The molecular weight excluding hydrogens is 385 g/mol. The van der Waals surface area contributed by atoms with Crippen molar-refractivity contribution in [2.24, 2.45) is 0 Å². The van der Waals surface area contributed by atoms with Crippen LogP contribution >= 0.6 is 0 Å². The molecule has 0 aromatic carbocycles. The van der Waals surface area contributed by atoms with Crippen molar-refractivity contribution in [3.8, 4) is 17.5 Å². The smallest absolute Gasteiger partial charge is 0.309 e. The Balaban J connectivity index is 2.35. The van der Waals surface area contributed by atoms with E-state index in [2.05, 4.69) is 9.97 Å². The fourth-order valence-corrected chi connectivity index (χ4v) is 3.08. The minimum absolute atomic E-state index is 0.0612. The minimum Gasteiger partial charge on any atom is -0.309 e. The molecule has 0 N–H and O–H groups in total. The highest BCUT2D eigenvalue weighted by Crippen LogP contribution is 2.45. The van der Waals surface area contributed by atoms with Gasteiger partial charge in [0, 0.05) is 25.5 Å². The molecule has 0 radical (unpaired) electrons. The summed E-state index contributed by atoms with van der Waals surface area (Å²) in [7, 11) is 0. The van der Waals surface area contributed by atoms with Gasteiger partial charge in [0.1, 0.15) is 17.3 Å². The number of alkyl halides is 5. The summed E-state index contributed by atoms with van der Waals surface area (Å²) in [5.41, 5.74) is -4.53. The van der Waals surface area contributed by atoms with Crippen LogP contribution in [-0.2, 0) is 5.92 Å². The zero-order valence-corrected chi connectivity index (χ0v) is 14.4. The summed E-state index contributed by atoms with van der Waals surface area (Å²) in [6.07, 6.45) is -0.00886. The van der Waals surface area contributed by atoms with Gasteiger partial charge in [0.25, 0.3) is 5.56 Å². The molecular formula is C17H14F5N5O. The highest BCUT2D eigenvalue weighted by Gasteiger charge is 2.60. The van der Waals surface area contributed by atoms with Crippen molar-refractivity contribution < 1.29 is 22.0 Å². The molecule has 1 fully saturated rings. The van der Waals surface area contributed by atoms with Crippen molar-refractivity contribution in [3.63, 3.8) is 0 Å². The van der Waals surface area contributed by atoms with Gasteiger partial charge in [-0.2, -0.15) is 27.2 Å². The molecule has 3 heterocycles. The van der Waals surface area contributed by atoms with Crippen LogP contribution in [0.15, 0.2) is 29.5 Å². The molecule has 0 saturated carbocycles. The molecule has 2 aromatic rings. The first-order chi connectivity index (χ1) is 13.2. The molecule has 3 rings (SSSR count). The van der Waals surface area contributed by atoms with Crippen molar-refractivity contribution in [1.82, 2.24) is 14.6 Å². The Bertz CT molecular complexity index is 959. The number of nitriles is 1. The summed E-state index contributed by atoms with van der Waals surface area (Å²) in [5, 5.41) is 10.7. The van der Waals surface area contributed by atoms with E-state index in [1.165, 1.54) is 23.5 Å². The van der Waals surface area contributed by atoms with E-state index < -0.39 is 28.8 Å². The van der Waals surface area contributed by atoms with E-state index in [4.69, 9.17) is 0 Å². The van der Waals surface area contributed by atoms with Gasteiger partial charge in [-0.25, -0.2) is 4.68 Å². The largest absolute Gasteiger partial charge is 0.458 e. The normalized spacial score (nSPS) is 15.4. The van der Waals surface area contributed by atoms with Gasteiger partial charge in [0.2, 0.25) is 0 Å². The lowest BCUT2D eigenvalue weighted by molar-refractivity contribution is -0.289. The second-order valence-corrected chi connectivity index (χ2v) is 6.22. The molecule has 28 heavy (non-hydrogen) atoms. The molecule has 0 aliphatic carbocycles. The van der Waals surface area contributed by atoms with Gasteiger partial charge >= 0.3 is 12.1 Å². The minimum atomic E-state index is -5.97. The zero-order chi connectivity index (χ0) is 20.5. The maximum atomic E-state index is 14.1. The molecule has 0 amide bonds. The second-order valence-electron chi connectivity index (χ2n) is 6.22. The van der Waals surface area contributed by atoms with E-state index in [-0.39, 0.29) is 11.4 Å². The summed E-state index contributed by atoms with van der Waals surface area (Å²) in [5.74, 6) is -5.38. The fraction of sp³-hybridized carbons (Fsp3) is 0.412. The third-order valence-electron chi connectivity index (χ3n) is 4.43. The molecule has 11 heteroatoms. The number of aromatic nitrogens is 3. The summed E-state index contributed by atoms with van der Waals surface area (Å²) in [4.78, 5) is 20.6. The van der Waals surface area contributed by atoms with E-state index in [9.17, 15) is 32.0 Å². The highest BCUT2D eigenvalue weighted by atomic mass is 19.4. The Labute approximate surface area is 155 Å². The van der Waals surface area contributed by atoms with Crippen LogP contribution in [0.3, 0.4) is 0 Å². The van der Waals surface area contributed by atoms with Crippen LogP contribution in [0.4, 0.5) is 22.0 Å². The Morgan fingerprint density at radius 1 is 1.07 bits per heavy atom. The first kappa shape index (κ1) is 19.7. The first-order valence-electron chi connectivity index (χ1n) is 8.35. The molecule has 1 aliphatic heterocycles. The summed E-state index contributed by atoms with van der Waals surface area (Å²) >= 11 is 0. The van der Waals surface area contributed by atoms with Gasteiger partial charge in [0.15, 0.2) is 0 Å². The molecule has 0 unspecified atom stereocenters. The number of rotatable bonds is 3.